The van der Waals surface area contributed by atoms with E-state index in [2.05, 4.69) is 4.74 Å². The van der Waals surface area contributed by atoms with E-state index in [-0.39, 0.29) is 11.9 Å². The summed E-state index contributed by atoms with van der Waals surface area (Å²) >= 11 is 0. The average Bonchev–Trinajstić information content (AvgIpc) is 2.53. The van der Waals surface area contributed by atoms with Gasteiger partial charge in [-0.1, -0.05) is 18.2 Å². The molecule has 0 atom stereocenters. The Morgan fingerprint density at radius 1 is 1.27 bits per heavy atom. The van der Waals surface area contributed by atoms with Gasteiger partial charge in [-0.05, 0) is 25.5 Å². The molecule has 0 fully saturated rings. The van der Waals surface area contributed by atoms with Crippen molar-refractivity contribution in [2.45, 2.75) is 19.8 Å². The molecule has 0 spiro atoms. The maximum Gasteiger partial charge on any atom is 0.305 e. The predicted octanol–water partition coefficient (Wildman–Crippen LogP) is 2.51. The third-order valence-electron chi connectivity index (χ3n) is 3.10. The Balaban J connectivity index is 2.54. The maximum absolute atomic E-state index is 12.0. The molecule has 1 amide bonds. The van der Waals surface area contributed by atoms with Crippen molar-refractivity contribution in [3.63, 3.8) is 0 Å². The van der Waals surface area contributed by atoms with Crippen LogP contribution in [0.1, 0.15) is 25.3 Å². The Morgan fingerprint density at radius 3 is 2.68 bits per heavy atom. The molecule has 0 saturated carbocycles. The first-order valence-corrected chi connectivity index (χ1v) is 7.30. The van der Waals surface area contributed by atoms with Crippen molar-refractivity contribution in [3.8, 4) is 5.75 Å². The van der Waals surface area contributed by atoms with Gasteiger partial charge in [0.25, 0.3) is 0 Å². The van der Waals surface area contributed by atoms with Gasteiger partial charge in [-0.15, -0.1) is 0 Å². The molecular weight excluding hydrogens is 282 g/mol. The lowest BCUT2D eigenvalue weighted by molar-refractivity contribution is -0.141. The molecule has 0 N–H and O–H groups in total. The highest BCUT2D eigenvalue weighted by atomic mass is 16.5. The molecule has 1 aromatic rings. The van der Waals surface area contributed by atoms with Gasteiger partial charge in [-0.3, -0.25) is 9.59 Å². The summed E-state index contributed by atoms with van der Waals surface area (Å²) in [6.07, 6.45) is 4.14. The van der Waals surface area contributed by atoms with E-state index in [4.69, 9.17) is 4.74 Å². The van der Waals surface area contributed by atoms with Crippen LogP contribution in [0.25, 0.3) is 6.08 Å². The summed E-state index contributed by atoms with van der Waals surface area (Å²) in [6, 6.07) is 7.55. The average molecular weight is 305 g/mol. The lowest BCUT2D eigenvalue weighted by Crippen LogP contribution is -2.26. The van der Waals surface area contributed by atoms with E-state index in [1.165, 1.54) is 13.2 Å². The van der Waals surface area contributed by atoms with Crippen molar-refractivity contribution in [3.05, 3.63) is 35.9 Å². The number of esters is 1. The molecule has 5 heteroatoms. The summed E-state index contributed by atoms with van der Waals surface area (Å²) in [5, 5.41) is 0. The van der Waals surface area contributed by atoms with Crippen molar-refractivity contribution in [2.75, 3.05) is 27.3 Å². The fourth-order valence-electron chi connectivity index (χ4n) is 1.87. The molecule has 0 aliphatic heterocycles. The van der Waals surface area contributed by atoms with E-state index < -0.39 is 0 Å². The topological polar surface area (TPSA) is 55.8 Å². The van der Waals surface area contributed by atoms with E-state index in [0.29, 0.717) is 26.0 Å². The molecule has 0 aromatic heterocycles. The van der Waals surface area contributed by atoms with Gasteiger partial charge >= 0.3 is 5.97 Å². The Bertz CT molecular complexity index is 525. The highest BCUT2D eigenvalue weighted by Gasteiger charge is 2.07. The van der Waals surface area contributed by atoms with Crippen LogP contribution in [0.5, 0.6) is 5.75 Å². The number of ether oxygens (including phenoxy) is 2. The number of carbonyl (C=O) groups is 2. The first-order chi connectivity index (χ1) is 10.6. The normalized spacial score (nSPS) is 10.5. The number of carbonyl (C=O) groups excluding carboxylic acids is 2. The third-order valence-corrected chi connectivity index (χ3v) is 3.10. The number of amides is 1. The van der Waals surface area contributed by atoms with Crippen LogP contribution in [-0.2, 0) is 14.3 Å². The number of hydrogen-bond donors (Lipinski definition) is 0. The van der Waals surface area contributed by atoms with Crippen LogP contribution in [0.3, 0.4) is 0 Å². The summed E-state index contributed by atoms with van der Waals surface area (Å²) in [6.45, 7) is 3.00. The molecular formula is C17H23NO4. The van der Waals surface area contributed by atoms with Crippen molar-refractivity contribution in [1.29, 1.82) is 0 Å². The van der Waals surface area contributed by atoms with E-state index in [1.807, 2.05) is 31.2 Å². The summed E-state index contributed by atoms with van der Waals surface area (Å²) in [5.41, 5.74) is 0.862. The Morgan fingerprint density at radius 2 is 2.00 bits per heavy atom. The molecule has 0 radical (unpaired) electrons. The highest BCUT2D eigenvalue weighted by molar-refractivity contribution is 5.92. The predicted molar refractivity (Wildman–Crippen MR) is 85.5 cm³/mol. The monoisotopic (exact) mass is 305 g/mol. The lowest BCUT2D eigenvalue weighted by atomic mass is 10.2. The van der Waals surface area contributed by atoms with Gasteiger partial charge in [0.1, 0.15) is 5.75 Å². The van der Waals surface area contributed by atoms with Gasteiger partial charge in [0, 0.05) is 31.7 Å². The lowest BCUT2D eigenvalue weighted by Gasteiger charge is -2.14. The fraction of sp³-hybridized carbons (Fsp3) is 0.412. The number of nitrogens with zero attached hydrogens (tertiary/aromatic N) is 1. The number of benzene rings is 1. The van der Waals surface area contributed by atoms with Gasteiger partial charge in [-0.25, -0.2) is 0 Å². The van der Waals surface area contributed by atoms with Gasteiger partial charge in [0.15, 0.2) is 0 Å². The largest absolute Gasteiger partial charge is 0.493 e. The second-order valence-corrected chi connectivity index (χ2v) is 4.74. The van der Waals surface area contributed by atoms with Crippen LogP contribution < -0.4 is 4.74 Å². The molecule has 22 heavy (non-hydrogen) atoms. The molecule has 0 unspecified atom stereocenters. The number of likely N-dealkylation sites (N-methyl/N-ethyl adjacent to an activating group) is 1. The zero-order valence-corrected chi connectivity index (χ0v) is 13.4. The summed E-state index contributed by atoms with van der Waals surface area (Å²) in [5.74, 6) is 0.376. The van der Waals surface area contributed by atoms with Crippen molar-refractivity contribution in [1.82, 2.24) is 4.90 Å². The number of methoxy groups -OCH3 is 1. The Labute approximate surface area is 131 Å². The molecule has 0 aliphatic carbocycles. The van der Waals surface area contributed by atoms with E-state index in [1.54, 1.807) is 18.0 Å². The highest BCUT2D eigenvalue weighted by Crippen LogP contribution is 2.19. The standard InChI is InChI=1S/C17H23NO4/c1-4-22-15-9-6-5-8-14(15)11-12-16(19)18(2)13-7-10-17(20)21-3/h5-6,8-9,11-12H,4,7,10,13H2,1-3H3/b12-11-. The SMILES string of the molecule is CCOc1ccccc1/C=C\C(=O)N(C)CCCC(=O)OC. The molecule has 1 rings (SSSR count). The van der Waals surface area contributed by atoms with Crippen LogP contribution in [0.2, 0.25) is 0 Å². The van der Waals surface area contributed by atoms with Gasteiger partial charge in [0.2, 0.25) is 5.91 Å². The second-order valence-electron chi connectivity index (χ2n) is 4.74. The minimum absolute atomic E-state index is 0.115. The first kappa shape index (κ1) is 17.8. The second kappa shape index (κ2) is 9.60. The van der Waals surface area contributed by atoms with Crippen LogP contribution in [-0.4, -0.2) is 44.1 Å². The zero-order chi connectivity index (χ0) is 16.4. The molecule has 0 bridgehead atoms. The minimum atomic E-state index is -0.262. The smallest absolute Gasteiger partial charge is 0.305 e. The minimum Gasteiger partial charge on any atom is -0.493 e. The molecule has 0 heterocycles. The first-order valence-electron chi connectivity index (χ1n) is 7.30. The van der Waals surface area contributed by atoms with Crippen molar-refractivity contribution < 1.29 is 19.1 Å². The molecule has 0 aliphatic rings. The van der Waals surface area contributed by atoms with Crippen LogP contribution in [0.4, 0.5) is 0 Å². The summed E-state index contributed by atoms with van der Waals surface area (Å²) < 4.78 is 10.1. The van der Waals surface area contributed by atoms with Gasteiger partial charge in [0.05, 0.1) is 13.7 Å². The van der Waals surface area contributed by atoms with Crippen molar-refractivity contribution in [2.24, 2.45) is 0 Å². The van der Waals surface area contributed by atoms with Gasteiger partial charge in [-0.2, -0.15) is 0 Å². The molecule has 1 aromatic carbocycles. The Kier molecular flexibility index (Phi) is 7.75. The zero-order valence-electron chi connectivity index (χ0n) is 13.4. The van der Waals surface area contributed by atoms with Crippen molar-refractivity contribution >= 4 is 18.0 Å². The number of para-hydroxylation sites is 1. The number of hydrogen-bond acceptors (Lipinski definition) is 4. The Hall–Kier alpha value is -2.30. The number of rotatable bonds is 8. The molecule has 5 nitrogen and oxygen atoms in total. The quantitative estimate of drug-likeness (QED) is 0.547. The van der Waals surface area contributed by atoms with E-state index in [9.17, 15) is 9.59 Å². The molecule has 0 saturated heterocycles. The molecule has 120 valence electrons. The fourth-order valence-corrected chi connectivity index (χ4v) is 1.87. The van der Waals surface area contributed by atoms with Crippen LogP contribution in [0, 0.1) is 0 Å². The van der Waals surface area contributed by atoms with E-state index in [0.717, 1.165) is 11.3 Å². The van der Waals surface area contributed by atoms with Crippen LogP contribution >= 0.6 is 0 Å². The maximum atomic E-state index is 12.0. The van der Waals surface area contributed by atoms with E-state index >= 15 is 0 Å². The third kappa shape index (κ3) is 5.99. The summed E-state index contributed by atoms with van der Waals surface area (Å²) in [4.78, 5) is 24.6. The van der Waals surface area contributed by atoms with Crippen LogP contribution in [0.15, 0.2) is 30.3 Å². The van der Waals surface area contributed by atoms with Gasteiger partial charge < -0.3 is 14.4 Å². The summed E-state index contributed by atoms with van der Waals surface area (Å²) in [7, 11) is 3.06.